The Morgan fingerprint density at radius 3 is 2.70 bits per heavy atom. The van der Waals surface area contributed by atoms with Gasteiger partial charge < -0.3 is 15.8 Å². The van der Waals surface area contributed by atoms with Gasteiger partial charge in [0.2, 0.25) is 0 Å². The number of nitrogens with one attached hydrogen (secondary N) is 1. The van der Waals surface area contributed by atoms with Crippen molar-refractivity contribution in [2.45, 2.75) is 32.3 Å². The van der Waals surface area contributed by atoms with E-state index in [1.807, 2.05) is 30.3 Å². The normalized spacial score (nSPS) is 13.5. The topological polar surface area (TPSA) is 116 Å². The van der Waals surface area contributed by atoms with Gasteiger partial charge in [-0.15, -0.1) is 11.3 Å². The Morgan fingerprint density at radius 2 is 1.97 bits per heavy atom. The lowest BCUT2D eigenvalue weighted by molar-refractivity contribution is -0.123. The molecule has 0 fully saturated rings. The van der Waals surface area contributed by atoms with E-state index in [0.29, 0.717) is 5.00 Å². The Labute approximate surface area is 176 Å². The smallest absolute Gasteiger partial charge is 0.359 e. The van der Waals surface area contributed by atoms with Crippen LogP contribution in [0.3, 0.4) is 0 Å². The first-order valence-electron chi connectivity index (χ1n) is 9.51. The summed E-state index contributed by atoms with van der Waals surface area (Å²) in [7, 11) is 0. The number of carbonyl (C=O) groups excluding carboxylic acids is 3. The van der Waals surface area contributed by atoms with Crippen molar-refractivity contribution in [3.05, 3.63) is 64.3 Å². The highest BCUT2D eigenvalue weighted by Gasteiger charge is 2.30. The number of hydrogen-bond donors (Lipinski definition) is 2. The number of carbonyl (C=O) groups is 3. The maximum atomic E-state index is 12.8. The average molecular weight is 424 g/mol. The van der Waals surface area contributed by atoms with Crippen molar-refractivity contribution in [1.29, 1.82) is 0 Å². The average Bonchev–Trinajstić information content (AvgIpc) is 3.44. The molecular formula is C21H20N4O4S. The van der Waals surface area contributed by atoms with E-state index in [-0.39, 0.29) is 11.3 Å². The van der Waals surface area contributed by atoms with Gasteiger partial charge in [0.1, 0.15) is 5.00 Å². The SMILES string of the molecule is C[C@H](OC(=O)c1nn(-c2ccccc2)c2c1CCC2)C(=O)Nc1sccc1C(N)=O. The minimum atomic E-state index is -1.07. The molecule has 0 aliphatic heterocycles. The van der Waals surface area contributed by atoms with Crippen LogP contribution in [0.15, 0.2) is 41.8 Å². The predicted octanol–water partition coefficient (Wildman–Crippen LogP) is 2.71. The van der Waals surface area contributed by atoms with Gasteiger partial charge in [0.05, 0.1) is 11.3 Å². The zero-order valence-corrected chi connectivity index (χ0v) is 17.1. The summed E-state index contributed by atoms with van der Waals surface area (Å²) in [5, 5.41) is 9.03. The van der Waals surface area contributed by atoms with Gasteiger partial charge in [-0.2, -0.15) is 5.10 Å². The molecule has 0 unspecified atom stereocenters. The van der Waals surface area contributed by atoms with Crippen LogP contribution in [0.2, 0.25) is 0 Å². The molecular weight excluding hydrogens is 404 g/mol. The molecule has 0 bridgehead atoms. The summed E-state index contributed by atoms with van der Waals surface area (Å²) < 4.78 is 7.16. The number of thiophene rings is 1. The first-order chi connectivity index (χ1) is 14.5. The Bertz CT molecular complexity index is 1120. The van der Waals surface area contributed by atoms with Crippen LogP contribution in [0.25, 0.3) is 5.69 Å². The number of amides is 2. The monoisotopic (exact) mass is 424 g/mol. The van der Waals surface area contributed by atoms with Crippen LogP contribution in [0.1, 0.15) is 45.4 Å². The summed E-state index contributed by atoms with van der Waals surface area (Å²) in [6.07, 6.45) is 1.43. The number of esters is 1. The number of primary amides is 1. The van der Waals surface area contributed by atoms with Crippen LogP contribution in [-0.2, 0) is 22.4 Å². The number of rotatable bonds is 6. The number of benzene rings is 1. The van der Waals surface area contributed by atoms with Crippen LogP contribution in [0, 0.1) is 0 Å². The lowest BCUT2D eigenvalue weighted by Crippen LogP contribution is -2.30. The largest absolute Gasteiger partial charge is 0.448 e. The van der Waals surface area contributed by atoms with Gasteiger partial charge >= 0.3 is 5.97 Å². The highest BCUT2D eigenvalue weighted by atomic mass is 32.1. The van der Waals surface area contributed by atoms with Crippen molar-refractivity contribution >= 4 is 34.1 Å². The fourth-order valence-electron chi connectivity index (χ4n) is 3.47. The van der Waals surface area contributed by atoms with E-state index >= 15 is 0 Å². The fourth-order valence-corrected chi connectivity index (χ4v) is 4.26. The van der Waals surface area contributed by atoms with Gasteiger partial charge in [-0.3, -0.25) is 9.59 Å². The van der Waals surface area contributed by atoms with E-state index in [2.05, 4.69) is 10.4 Å². The van der Waals surface area contributed by atoms with Gasteiger partial charge in [-0.25, -0.2) is 9.48 Å². The molecule has 1 atom stereocenters. The van der Waals surface area contributed by atoms with Gasteiger partial charge in [0, 0.05) is 11.3 Å². The van der Waals surface area contributed by atoms with Crippen LogP contribution in [0.5, 0.6) is 0 Å². The summed E-state index contributed by atoms with van der Waals surface area (Å²) in [5.74, 6) is -1.84. The van der Waals surface area contributed by atoms with Gasteiger partial charge in [-0.1, -0.05) is 18.2 Å². The predicted molar refractivity (Wildman–Crippen MR) is 112 cm³/mol. The third-order valence-electron chi connectivity index (χ3n) is 4.94. The quantitative estimate of drug-likeness (QED) is 0.590. The summed E-state index contributed by atoms with van der Waals surface area (Å²) in [4.78, 5) is 36.7. The van der Waals surface area contributed by atoms with E-state index in [1.54, 1.807) is 10.1 Å². The Morgan fingerprint density at radius 1 is 1.20 bits per heavy atom. The van der Waals surface area contributed by atoms with Crippen LogP contribution < -0.4 is 11.1 Å². The molecule has 30 heavy (non-hydrogen) atoms. The second-order valence-corrected chi connectivity index (χ2v) is 7.86. The molecule has 9 heteroatoms. The molecule has 1 aromatic carbocycles. The maximum absolute atomic E-state index is 12.8. The van der Waals surface area contributed by atoms with E-state index in [4.69, 9.17) is 10.5 Å². The second kappa shape index (κ2) is 8.11. The third-order valence-corrected chi connectivity index (χ3v) is 5.77. The molecule has 4 rings (SSSR count). The van der Waals surface area contributed by atoms with Gasteiger partial charge in [0.25, 0.3) is 11.8 Å². The van der Waals surface area contributed by atoms with E-state index in [0.717, 1.165) is 36.2 Å². The molecule has 154 valence electrons. The fraction of sp³-hybridized carbons (Fsp3) is 0.238. The number of ether oxygens (including phenoxy) is 1. The molecule has 3 aromatic rings. The first-order valence-corrected chi connectivity index (χ1v) is 10.4. The van der Waals surface area contributed by atoms with Crippen molar-refractivity contribution in [3.8, 4) is 5.69 Å². The number of hydrogen-bond acceptors (Lipinski definition) is 6. The van der Waals surface area contributed by atoms with Crippen LogP contribution in [-0.4, -0.2) is 33.7 Å². The summed E-state index contributed by atoms with van der Waals surface area (Å²) in [5.41, 5.74) is 8.47. The van der Waals surface area contributed by atoms with E-state index in [9.17, 15) is 14.4 Å². The number of nitrogens with zero attached hydrogens (tertiary/aromatic N) is 2. The number of para-hydroxylation sites is 1. The number of aromatic nitrogens is 2. The van der Waals surface area contributed by atoms with Crippen LogP contribution >= 0.6 is 11.3 Å². The molecule has 0 saturated carbocycles. The minimum absolute atomic E-state index is 0.214. The van der Waals surface area contributed by atoms with Crippen molar-refractivity contribution in [2.75, 3.05) is 5.32 Å². The zero-order chi connectivity index (χ0) is 21.3. The highest BCUT2D eigenvalue weighted by Crippen LogP contribution is 2.28. The van der Waals surface area contributed by atoms with E-state index < -0.39 is 23.9 Å². The van der Waals surface area contributed by atoms with Crippen molar-refractivity contribution in [3.63, 3.8) is 0 Å². The molecule has 2 aromatic heterocycles. The Balaban J connectivity index is 1.51. The molecule has 1 aliphatic rings. The van der Waals surface area contributed by atoms with Crippen molar-refractivity contribution in [1.82, 2.24) is 9.78 Å². The first kappa shape index (κ1) is 19.8. The van der Waals surface area contributed by atoms with E-state index in [1.165, 1.54) is 24.3 Å². The summed E-state index contributed by atoms with van der Waals surface area (Å²) in [6, 6.07) is 11.1. The Hall–Kier alpha value is -3.46. The standard InChI is InChI=1S/C21H20N4O4S/c1-12(19(27)23-20-15(18(22)26)10-11-30-20)29-21(28)17-14-8-5-9-16(14)25(24-17)13-6-3-2-4-7-13/h2-4,6-7,10-12H,5,8-9H2,1H3,(H2,22,26)(H,23,27)/t12-/m0/s1. The van der Waals surface area contributed by atoms with Crippen LogP contribution in [0.4, 0.5) is 5.00 Å². The lowest BCUT2D eigenvalue weighted by atomic mass is 10.2. The number of anilines is 1. The number of nitrogens with two attached hydrogens (primary N) is 1. The molecule has 0 saturated heterocycles. The molecule has 2 heterocycles. The maximum Gasteiger partial charge on any atom is 0.359 e. The number of fused-ring (bicyclic) bond motifs is 1. The summed E-state index contributed by atoms with van der Waals surface area (Å²) >= 11 is 1.17. The highest BCUT2D eigenvalue weighted by molar-refractivity contribution is 7.14. The lowest BCUT2D eigenvalue weighted by Gasteiger charge is -2.13. The molecule has 0 spiro atoms. The summed E-state index contributed by atoms with van der Waals surface area (Å²) in [6.45, 7) is 1.47. The molecule has 1 aliphatic carbocycles. The third kappa shape index (κ3) is 3.71. The molecule has 3 N–H and O–H groups in total. The van der Waals surface area contributed by atoms with Gasteiger partial charge in [0.15, 0.2) is 11.8 Å². The molecule has 8 nitrogen and oxygen atoms in total. The second-order valence-electron chi connectivity index (χ2n) is 6.94. The van der Waals surface area contributed by atoms with Crippen molar-refractivity contribution < 1.29 is 19.1 Å². The van der Waals surface area contributed by atoms with Crippen molar-refractivity contribution in [2.24, 2.45) is 5.73 Å². The Kier molecular flexibility index (Phi) is 5.37. The van der Waals surface area contributed by atoms with Gasteiger partial charge in [-0.05, 0) is 49.8 Å². The minimum Gasteiger partial charge on any atom is -0.448 e. The molecule has 2 amide bonds. The molecule has 0 radical (unpaired) electrons. The zero-order valence-electron chi connectivity index (χ0n) is 16.3.